The van der Waals surface area contributed by atoms with Gasteiger partial charge in [-0.2, -0.15) is 0 Å². The number of rotatable bonds is 8. The molecule has 0 heterocycles. The van der Waals surface area contributed by atoms with Crippen molar-refractivity contribution in [3.8, 4) is 0 Å². The van der Waals surface area contributed by atoms with Crippen LogP contribution in [0.3, 0.4) is 0 Å². The van der Waals surface area contributed by atoms with E-state index in [-0.39, 0.29) is 41.8 Å². The predicted molar refractivity (Wildman–Crippen MR) is 107 cm³/mol. The Morgan fingerprint density at radius 3 is 2.50 bits per heavy atom. The molecule has 0 bridgehead atoms. The summed E-state index contributed by atoms with van der Waals surface area (Å²) in [4.78, 5) is 15.8. The summed E-state index contributed by atoms with van der Waals surface area (Å²) in [6.07, 6.45) is 2.36. The lowest BCUT2D eigenvalue weighted by atomic mass is 9.96. The first kappa shape index (κ1) is 20.7. The summed E-state index contributed by atoms with van der Waals surface area (Å²) in [7, 11) is 3.32. The zero-order valence-electron chi connectivity index (χ0n) is 14.3. The van der Waals surface area contributed by atoms with Gasteiger partial charge in [0.25, 0.3) is 0 Å². The first-order chi connectivity index (χ1) is 11.2. The van der Waals surface area contributed by atoms with Crippen LogP contribution < -0.4 is 16.0 Å². The van der Waals surface area contributed by atoms with Gasteiger partial charge in [-0.3, -0.25) is 9.79 Å². The highest BCUT2D eigenvalue weighted by molar-refractivity contribution is 14.0. The molecule has 0 saturated heterocycles. The second-order valence-electron chi connectivity index (χ2n) is 5.77. The van der Waals surface area contributed by atoms with E-state index in [1.807, 2.05) is 6.07 Å². The van der Waals surface area contributed by atoms with Gasteiger partial charge in [0.15, 0.2) is 5.96 Å². The van der Waals surface area contributed by atoms with E-state index >= 15 is 0 Å². The average Bonchev–Trinajstić information content (AvgIpc) is 3.37. The van der Waals surface area contributed by atoms with E-state index in [2.05, 4.69) is 45.2 Å². The van der Waals surface area contributed by atoms with Crippen molar-refractivity contribution in [1.29, 1.82) is 0 Å². The maximum absolute atomic E-state index is 11.7. The Morgan fingerprint density at radius 1 is 1.21 bits per heavy atom. The fourth-order valence-electron chi connectivity index (χ4n) is 2.50. The molecule has 1 aromatic rings. The van der Waals surface area contributed by atoms with Crippen LogP contribution in [0.1, 0.15) is 18.4 Å². The van der Waals surface area contributed by atoms with Crippen LogP contribution in [0.25, 0.3) is 0 Å². The molecule has 2 rings (SSSR count). The highest BCUT2D eigenvalue weighted by Crippen LogP contribution is 2.47. The van der Waals surface area contributed by atoms with Crippen molar-refractivity contribution in [2.45, 2.75) is 18.3 Å². The van der Waals surface area contributed by atoms with Crippen LogP contribution in [0.5, 0.6) is 0 Å². The lowest BCUT2D eigenvalue weighted by Crippen LogP contribution is -2.45. The molecule has 1 aromatic carbocycles. The first-order valence-corrected chi connectivity index (χ1v) is 7.96. The molecule has 6 nitrogen and oxygen atoms in total. The number of carbonyl (C=O) groups is 1. The van der Waals surface area contributed by atoms with E-state index in [9.17, 15) is 4.79 Å². The van der Waals surface area contributed by atoms with Crippen molar-refractivity contribution in [2.24, 2.45) is 4.99 Å². The Balaban J connectivity index is 0.00000288. The predicted octanol–water partition coefficient (Wildman–Crippen LogP) is 1.26. The number of aliphatic imine (C=N–C) groups is 1. The Morgan fingerprint density at radius 2 is 1.92 bits per heavy atom. The molecule has 0 atom stereocenters. The first-order valence-electron chi connectivity index (χ1n) is 7.96. The molecule has 1 amide bonds. The zero-order chi connectivity index (χ0) is 16.5. The number of amides is 1. The number of ether oxygens (including phenoxy) is 1. The van der Waals surface area contributed by atoms with Crippen molar-refractivity contribution in [2.75, 3.05) is 40.4 Å². The lowest BCUT2D eigenvalue weighted by Gasteiger charge is -2.19. The smallest absolute Gasteiger partial charge is 0.239 e. The standard InChI is InChI=1S/C17H26N4O2.HI/c1-18-16(20-12-15(22)19-10-11-23-2)21-13-17(8-9-17)14-6-4-3-5-7-14;/h3-7H,8-13H2,1-2H3,(H,19,22)(H2,18,20,21);1H. The second kappa shape index (κ2) is 10.5. The molecule has 0 spiro atoms. The number of halogens is 1. The summed E-state index contributed by atoms with van der Waals surface area (Å²) in [6.45, 7) is 2.04. The second-order valence-corrected chi connectivity index (χ2v) is 5.77. The van der Waals surface area contributed by atoms with E-state index in [1.54, 1.807) is 14.2 Å². The largest absolute Gasteiger partial charge is 0.383 e. The normalized spacial score (nSPS) is 15.2. The van der Waals surface area contributed by atoms with Crippen molar-refractivity contribution >= 4 is 35.8 Å². The Kier molecular flexibility index (Phi) is 9.05. The van der Waals surface area contributed by atoms with E-state index in [1.165, 1.54) is 18.4 Å². The Bertz CT molecular complexity index is 533. The van der Waals surface area contributed by atoms with Gasteiger partial charge >= 0.3 is 0 Å². The number of benzene rings is 1. The van der Waals surface area contributed by atoms with E-state index in [4.69, 9.17) is 4.74 Å². The molecule has 24 heavy (non-hydrogen) atoms. The van der Waals surface area contributed by atoms with E-state index in [0.717, 1.165) is 6.54 Å². The third-order valence-corrected chi connectivity index (χ3v) is 4.10. The lowest BCUT2D eigenvalue weighted by molar-refractivity contribution is -0.120. The van der Waals surface area contributed by atoms with Crippen molar-refractivity contribution in [1.82, 2.24) is 16.0 Å². The minimum Gasteiger partial charge on any atom is -0.383 e. The Hall–Kier alpha value is -1.35. The van der Waals surface area contributed by atoms with Gasteiger partial charge in [0.1, 0.15) is 0 Å². The van der Waals surface area contributed by atoms with Crippen LogP contribution in [0.4, 0.5) is 0 Å². The molecule has 134 valence electrons. The summed E-state index contributed by atoms with van der Waals surface area (Å²) in [5, 5.41) is 9.13. The molecule has 1 aliphatic carbocycles. The van der Waals surface area contributed by atoms with Gasteiger partial charge in [-0.05, 0) is 18.4 Å². The van der Waals surface area contributed by atoms with Crippen molar-refractivity contribution < 1.29 is 9.53 Å². The molecular weight excluding hydrogens is 419 g/mol. The molecule has 0 aromatic heterocycles. The Labute approximate surface area is 160 Å². The summed E-state index contributed by atoms with van der Waals surface area (Å²) in [6, 6.07) is 10.5. The summed E-state index contributed by atoms with van der Waals surface area (Å²) in [5.74, 6) is 0.572. The van der Waals surface area contributed by atoms with E-state index in [0.29, 0.717) is 19.1 Å². The molecular formula is C17H27IN4O2. The number of nitrogens with zero attached hydrogens (tertiary/aromatic N) is 1. The zero-order valence-corrected chi connectivity index (χ0v) is 16.6. The van der Waals surface area contributed by atoms with Crippen LogP contribution in [0, 0.1) is 0 Å². The van der Waals surface area contributed by atoms with Gasteiger partial charge in [-0.15, -0.1) is 24.0 Å². The minimum absolute atomic E-state index is 0. The molecule has 0 unspecified atom stereocenters. The van der Waals surface area contributed by atoms with Crippen LogP contribution in [0.15, 0.2) is 35.3 Å². The van der Waals surface area contributed by atoms with Gasteiger partial charge in [0, 0.05) is 32.7 Å². The van der Waals surface area contributed by atoms with Crippen LogP contribution in [-0.2, 0) is 14.9 Å². The quantitative estimate of drug-likeness (QED) is 0.243. The maximum atomic E-state index is 11.7. The van der Waals surface area contributed by atoms with Gasteiger partial charge in [-0.25, -0.2) is 0 Å². The molecule has 0 aliphatic heterocycles. The van der Waals surface area contributed by atoms with Crippen LogP contribution in [-0.4, -0.2) is 52.3 Å². The van der Waals surface area contributed by atoms with Crippen molar-refractivity contribution in [3.05, 3.63) is 35.9 Å². The van der Waals surface area contributed by atoms with Crippen LogP contribution >= 0.6 is 24.0 Å². The number of methoxy groups -OCH3 is 1. The molecule has 3 N–H and O–H groups in total. The number of nitrogens with one attached hydrogen (secondary N) is 3. The monoisotopic (exact) mass is 446 g/mol. The van der Waals surface area contributed by atoms with Crippen LogP contribution in [0.2, 0.25) is 0 Å². The number of hydrogen-bond acceptors (Lipinski definition) is 3. The third kappa shape index (κ3) is 6.27. The van der Waals surface area contributed by atoms with Gasteiger partial charge in [0.2, 0.25) is 5.91 Å². The number of hydrogen-bond donors (Lipinski definition) is 3. The number of guanidine groups is 1. The summed E-state index contributed by atoms with van der Waals surface area (Å²) >= 11 is 0. The molecule has 0 radical (unpaired) electrons. The van der Waals surface area contributed by atoms with E-state index < -0.39 is 0 Å². The fourth-order valence-corrected chi connectivity index (χ4v) is 2.50. The van der Waals surface area contributed by atoms with Gasteiger partial charge in [0.05, 0.1) is 13.2 Å². The topological polar surface area (TPSA) is 74.8 Å². The molecule has 1 aliphatic rings. The third-order valence-electron chi connectivity index (χ3n) is 4.10. The highest BCUT2D eigenvalue weighted by atomic mass is 127. The minimum atomic E-state index is -0.0748. The summed E-state index contributed by atoms with van der Waals surface area (Å²) < 4.78 is 4.89. The number of carbonyl (C=O) groups excluding carboxylic acids is 1. The maximum Gasteiger partial charge on any atom is 0.239 e. The van der Waals surface area contributed by atoms with Gasteiger partial charge in [-0.1, -0.05) is 30.3 Å². The molecule has 1 fully saturated rings. The molecule has 7 heteroatoms. The average molecular weight is 446 g/mol. The highest BCUT2D eigenvalue weighted by Gasteiger charge is 2.43. The fraction of sp³-hybridized carbons (Fsp3) is 0.529. The molecule has 1 saturated carbocycles. The van der Waals surface area contributed by atoms with Gasteiger partial charge < -0.3 is 20.7 Å². The van der Waals surface area contributed by atoms with Crippen molar-refractivity contribution in [3.63, 3.8) is 0 Å². The summed E-state index contributed by atoms with van der Waals surface area (Å²) in [5.41, 5.74) is 1.57. The SMILES string of the molecule is CN=C(NCC(=O)NCCOC)NCC1(c2ccccc2)CC1.I.